The van der Waals surface area contributed by atoms with Crippen LogP contribution in [0, 0.1) is 16.0 Å². The van der Waals surface area contributed by atoms with Crippen molar-refractivity contribution in [2.45, 2.75) is 25.8 Å². The summed E-state index contributed by atoms with van der Waals surface area (Å²) in [6.45, 7) is 3.13. The molecule has 1 aliphatic heterocycles. The van der Waals surface area contributed by atoms with Gasteiger partial charge in [0.1, 0.15) is 5.69 Å². The molecule has 1 fully saturated rings. The van der Waals surface area contributed by atoms with Crippen molar-refractivity contribution in [2.24, 2.45) is 11.7 Å². The Labute approximate surface area is 123 Å². The van der Waals surface area contributed by atoms with Crippen molar-refractivity contribution in [3.05, 3.63) is 33.9 Å². The number of piperidine rings is 1. The number of anilines is 1. The lowest BCUT2D eigenvalue weighted by molar-refractivity contribution is -0.383. The number of nitrogen functional groups attached to an aromatic ring is 1. The molecule has 2 unspecified atom stereocenters. The Hall–Kier alpha value is -2.15. The topological polar surface area (TPSA) is 115 Å². The van der Waals surface area contributed by atoms with E-state index in [0.29, 0.717) is 13.1 Å². The zero-order valence-corrected chi connectivity index (χ0v) is 12.0. The second kappa shape index (κ2) is 6.09. The largest absolute Gasteiger partial charge is 0.393 e. The van der Waals surface area contributed by atoms with Gasteiger partial charge in [-0.05, 0) is 31.7 Å². The molecular formula is C14H20N4O3. The summed E-state index contributed by atoms with van der Waals surface area (Å²) in [4.78, 5) is 24.6. The minimum absolute atomic E-state index is 0.0167. The molecule has 4 N–H and O–H groups in total. The third-order valence-electron chi connectivity index (χ3n) is 4.00. The molecule has 21 heavy (non-hydrogen) atoms. The summed E-state index contributed by atoms with van der Waals surface area (Å²) in [5, 5.41) is 10.9. The van der Waals surface area contributed by atoms with Crippen LogP contribution < -0.4 is 11.5 Å². The third-order valence-corrected chi connectivity index (χ3v) is 4.00. The summed E-state index contributed by atoms with van der Waals surface area (Å²) in [5.41, 5.74) is 11.6. The van der Waals surface area contributed by atoms with Gasteiger partial charge < -0.3 is 16.4 Å². The van der Waals surface area contributed by atoms with Crippen molar-refractivity contribution in [1.82, 2.24) is 4.90 Å². The fraction of sp³-hybridized carbons (Fsp3) is 0.500. The predicted molar refractivity (Wildman–Crippen MR) is 79.8 cm³/mol. The van der Waals surface area contributed by atoms with Gasteiger partial charge in [-0.25, -0.2) is 0 Å². The van der Waals surface area contributed by atoms with E-state index in [4.69, 9.17) is 11.5 Å². The SMILES string of the molecule is CC(N)C1CCCN(C(=O)c2cccc([N+](=O)[O-])c2N)C1. The first-order valence-electron chi connectivity index (χ1n) is 6.99. The highest BCUT2D eigenvalue weighted by molar-refractivity contribution is 6.01. The van der Waals surface area contributed by atoms with E-state index in [0.717, 1.165) is 12.8 Å². The molecule has 2 rings (SSSR count). The molecule has 2 atom stereocenters. The highest BCUT2D eigenvalue weighted by Gasteiger charge is 2.28. The maximum Gasteiger partial charge on any atom is 0.292 e. The molecule has 0 aromatic heterocycles. The van der Waals surface area contributed by atoms with Crippen LogP contribution in [0.5, 0.6) is 0 Å². The van der Waals surface area contributed by atoms with Crippen LogP contribution in [0.4, 0.5) is 11.4 Å². The summed E-state index contributed by atoms with van der Waals surface area (Å²) in [6.07, 6.45) is 1.87. The molecule has 1 aliphatic rings. The van der Waals surface area contributed by atoms with E-state index in [2.05, 4.69) is 0 Å². The van der Waals surface area contributed by atoms with E-state index in [1.165, 1.54) is 18.2 Å². The van der Waals surface area contributed by atoms with E-state index >= 15 is 0 Å². The lowest BCUT2D eigenvalue weighted by Gasteiger charge is -2.34. The number of carbonyl (C=O) groups is 1. The van der Waals surface area contributed by atoms with Gasteiger partial charge in [0.05, 0.1) is 10.5 Å². The molecule has 0 bridgehead atoms. The number of nitro groups is 1. The van der Waals surface area contributed by atoms with Crippen LogP contribution in [0.15, 0.2) is 18.2 Å². The van der Waals surface area contributed by atoms with Gasteiger partial charge >= 0.3 is 0 Å². The lowest BCUT2D eigenvalue weighted by atomic mass is 9.91. The van der Waals surface area contributed by atoms with Gasteiger partial charge in [0.2, 0.25) is 0 Å². The first-order chi connectivity index (χ1) is 9.91. The van der Waals surface area contributed by atoms with Gasteiger partial charge in [-0.3, -0.25) is 14.9 Å². The summed E-state index contributed by atoms with van der Waals surface area (Å²) in [7, 11) is 0. The summed E-state index contributed by atoms with van der Waals surface area (Å²) >= 11 is 0. The molecule has 0 aliphatic carbocycles. The number of benzene rings is 1. The number of amides is 1. The van der Waals surface area contributed by atoms with Gasteiger partial charge in [0.25, 0.3) is 11.6 Å². The minimum atomic E-state index is -0.576. The fourth-order valence-electron chi connectivity index (χ4n) is 2.69. The Bertz CT molecular complexity index is 559. The Morgan fingerprint density at radius 1 is 1.52 bits per heavy atom. The lowest BCUT2D eigenvalue weighted by Crippen LogP contribution is -2.45. The molecule has 0 spiro atoms. The minimum Gasteiger partial charge on any atom is -0.393 e. The van der Waals surface area contributed by atoms with Gasteiger partial charge in [0, 0.05) is 25.2 Å². The van der Waals surface area contributed by atoms with Crippen LogP contribution in [0.2, 0.25) is 0 Å². The molecule has 1 aromatic rings. The molecule has 1 amide bonds. The molecule has 1 heterocycles. The first-order valence-corrected chi connectivity index (χ1v) is 6.99. The zero-order chi connectivity index (χ0) is 15.6. The van der Waals surface area contributed by atoms with Crippen molar-refractivity contribution in [1.29, 1.82) is 0 Å². The van der Waals surface area contributed by atoms with E-state index in [1.54, 1.807) is 4.90 Å². The fourth-order valence-corrected chi connectivity index (χ4v) is 2.69. The zero-order valence-electron chi connectivity index (χ0n) is 12.0. The molecule has 114 valence electrons. The number of hydrogen-bond donors (Lipinski definition) is 2. The number of likely N-dealkylation sites (tertiary alicyclic amines) is 1. The second-order valence-corrected chi connectivity index (χ2v) is 5.51. The van der Waals surface area contributed by atoms with Crippen LogP contribution in [0.1, 0.15) is 30.1 Å². The molecule has 7 nitrogen and oxygen atoms in total. The average molecular weight is 292 g/mol. The summed E-state index contributed by atoms with van der Waals surface area (Å²) in [5.74, 6) is -0.0100. The number of nitrogens with two attached hydrogens (primary N) is 2. The van der Waals surface area contributed by atoms with Crippen LogP contribution in [-0.4, -0.2) is 34.9 Å². The quantitative estimate of drug-likeness (QED) is 0.496. The van der Waals surface area contributed by atoms with Gasteiger partial charge in [0.15, 0.2) is 0 Å². The van der Waals surface area contributed by atoms with E-state index in [-0.39, 0.29) is 34.8 Å². The summed E-state index contributed by atoms with van der Waals surface area (Å²) in [6, 6.07) is 4.32. The van der Waals surface area contributed by atoms with Crippen molar-refractivity contribution < 1.29 is 9.72 Å². The average Bonchev–Trinajstić information content (AvgIpc) is 2.46. The van der Waals surface area contributed by atoms with Crippen molar-refractivity contribution >= 4 is 17.3 Å². The Balaban J connectivity index is 2.24. The summed E-state index contributed by atoms with van der Waals surface area (Å²) < 4.78 is 0. The predicted octanol–water partition coefficient (Wildman–Crippen LogP) is 1.38. The number of nitrogens with zero attached hydrogens (tertiary/aromatic N) is 2. The normalized spacial score (nSPS) is 20.1. The number of para-hydroxylation sites is 1. The van der Waals surface area contributed by atoms with E-state index < -0.39 is 4.92 Å². The molecule has 1 saturated heterocycles. The highest BCUT2D eigenvalue weighted by Crippen LogP contribution is 2.27. The number of carbonyl (C=O) groups excluding carboxylic acids is 1. The number of rotatable bonds is 3. The molecule has 7 heteroatoms. The van der Waals surface area contributed by atoms with Crippen LogP contribution in [0.25, 0.3) is 0 Å². The van der Waals surface area contributed by atoms with Crippen molar-refractivity contribution in [3.63, 3.8) is 0 Å². The molecule has 0 radical (unpaired) electrons. The molecule has 1 aromatic carbocycles. The van der Waals surface area contributed by atoms with Gasteiger partial charge in [-0.1, -0.05) is 6.07 Å². The smallest absolute Gasteiger partial charge is 0.292 e. The Kier molecular flexibility index (Phi) is 4.42. The third kappa shape index (κ3) is 3.13. The second-order valence-electron chi connectivity index (χ2n) is 5.51. The number of nitro benzene ring substituents is 1. The molecular weight excluding hydrogens is 272 g/mol. The number of hydrogen-bond acceptors (Lipinski definition) is 5. The maximum absolute atomic E-state index is 12.5. The van der Waals surface area contributed by atoms with Crippen molar-refractivity contribution in [3.8, 4) is 0 Å². The monoisotopic (exact) mass is 292 g/mol. The van der Waals surface area contributed by atoms with Crippen LogP contribution in [-0.2, 0) is 0 Å². The first kappa shape index (κ1) is 15.2. The van der Waals surface area contributed by atoms with E-state index in [9.17, 15) is 14.9 Å². The Morgan fingerprint density at radius 2 is 2.24 bits per heavy atom. The van der Waals surface area contributed by atoms with Crippen LogP contribution >= 0.6 is 0 Å². The van der Waals surface area contributed by atoms with Crippen LogP contribution in [0.3, 0.4) is 0 Å². The maximum atomic E-state index is 12.5. The molecule has 0 saturated carbocycles. The highest BCUT2D eigenvalue weighted by atomic mass is 16.6. The standard InChI is InChI=1S/C14H20N4O3/c1-9(15)10-4-3-7-17(8-10)14(19)11-5-2-6-12(13(11)16)18(20)21/h2,5-6,9-10H,3-4,7-8,15-16H2,1H3. The Morgan fingerprint density at radius 3 is 2.86 bits per heavy atom. The van der Waals surface area contributed by atoms with E-state index in [1.807, 2.05) is 6.92 Å². The van der Waals surface area contributed by atoms with Gasteiger partial charge in [-0.15, -0.1) is 0 Å². The van der Waals surface area contributed by atoms with Gasteiger partial charge in [-0.2, -0.15) is 0 Å². The van der Waals surface area contributed by atoms with Crippen molar-refractivity contribution in [2.75, 3.05) is 18.8 Å².